The second-order valence-electron chi connectivity index (χ2n) is 4.75. The summed E-state index contributed by atoms with van der Waals surface area (Å²) in [5.74, 6) is 3.72. The smallest absolute Gasteiger partial charge is 0.143 e. The van der Waals surface area contributed by atoms with Crippen molar-refractivity contribution in [3.05, 3.63) is 68.9 Å². The van der Waals surface area contributed by atoms with Gasteiger partial charge in [-0.25, -0.2) is 13.2 Å². The number of hydrogen-bond donors (Lipinski definition) is 2. The van der Waals surface area contributed by atoms with Crippen LogP contribution in [0.1, 0.15) is 22.7 Å². The lowest BCUT2D eigenvalue weighted by Gasteiger charge is -2.18. The average Bonchev–Trinajstić information content (AvgIpc) is 2.47. The minimum atomic E-state index is -0.678. The number of halogens is 4. The summed E-state index contributed by atoms with van der Waals surface area (Å²) in [5, 5.41) is 0. The van der Waals surface area contributed by atoms with E-state index in [0.29, 0.717) is 11.1 Å². The molecular weight excluding hydrogens is 345 g/mol. The van der Waals surface area contributed by atoms with E-state index in [1.807, 2.05) is 0 Å². The lowest BCUT2D eigenvalue weighted by Crippen LogP contribution is -2.30. The summed E-state index contributed by atoms with van der Waals surface area (Å²) >= 11 is 3.02. The lowest BCUT2D eigenvalue weighted by molar-refractivity contribution is 0.495. The van der Waals surface area contributed by atoms with Gasteiger partial charge in [-0.05, 0) is 58.6 Å². The minimum absolute atomic E-state index is 0.0316. The van der Waals surface area contributed by atoms with E-state index in [1.54, 1.807) is 19.1 Å². The highest BCUT2D eigenvalue weighted by Gasteiger charge is 2.19. The molecule has 0 fully saturated rings. The molecule has 1 atom stereocenters. The maximum atomic E-state index is 14.0. The molecule has 0 aliphatic heterocycles. The van der Waals surface area contributed by atoms with Crippen molar-refractivity contribution in [3.8, 4) is 0 Å². The first-order valence-corrected chi connectivity index (χ1v) is 7.08. The van der Waals surface area contributed by atoms with Gasteiger partial charge in [-0.3, -0.25) is 11.3 Å². The zero-order valence-corrected chi connectivity index (χ0v) is 12.8. The van der Waals surface area contributed by atoms with Crippen LogP contribution in [0.2, 0.25) is 0 Å². The van der Waals surface area contributed by atoms with Crippen molar-refractivity contribution in [2.75, 3.05) is 0 Å². The first-order chi connectivity index (χ1) is 9.93. The molecule has 1 unspecified atom stereocenters. The average molecular weight is 359 g/mol. The van der Waals surface area contributed by atoms with E-state index in [4.69, 9.17) is 5.84 Å². The van der Waals surface area contributed by atoms with Gasteiger partial charge in [0.1, 0.15) is 17.5 Å². The van der Waals surface area contributed by atoms with Crippen LogP contribution in [0.5, 0.6) is 0 Å². The second kappa shape index (κ2) is 6.60. The van der Waals surface area contributed by atoms with Gasteiger partial charge in [-0.1, -0.05) is 12.1 Å². The third kappa shape index (κ3) is 3.45. The molecule has 6 heteroatoms. The summed E-state index contributed by atoms with van der Waals surface area (Å²) in [4.78, 5) is 0. The predicted molar refractivity (Wildman–Crippen MR) is 79.0 cm³/mol. The molecule has 3 N–H and O–H groups in total. The Morgan fingerprint density at radius 2 is 1.86 bits per heavy atom. The van der Waals surface area contributed by atoms with Crippen LogP contribution in [0.15, 0.2) is 34.8 Å². The highest BCUT2D eigenvalue weighted by atomic mass is 79.9. The lowest BCUT2D eigenvalue weighted by atomic mass is 9.97. The Hall–Kier alpha value is -1.37. The Kier molecular flexibility index (Phi) is 5.03. The van der Waals surface area contributed by atoms with E-state index >= 15 is 0 Å². The number of hydrogen-bond acceptors (Lipinski definition) is 2. The first kappa shape index (κ1) is 16.0. The fourth-order valence-corrected chi connectivity index (χ4v) is 2.43. The molecule has 2 rings (SSSR count). The van der Waals surface area contributed by atoms with Crippen molar-refractivity contribution in [2.45, 2.75) is 19.4 Å². The van der Waals surface area contributed by atoms with Gasteiger partial charge in [0.15, 0.2) is 0 Å². The molecule has 0 aromatic heterocycles. The summed E-state index contributed by atoms with van der Waals surface area (Å²) in [6.45, 7) is 1.64. The largest absolute Gasteiger partial charge is 0.271 e. The molecule has 2 aromatic rings. The van der Waals surface area contributed by atoms with Gasteiger partial charge in [0.25, 0.3) is 0 Å². The monoisotopic (exact) mass is 358 g/mol. The van der Waals surface area contributed by atoms with Crippen LogP contribution >= 0.6 is 15.9 Å². The molecule has 0 saturated carbocycles. The maximum absolute atomic E-state index is 14.0. The van der Waals surface area contributed by atoms with E-state index in [2.05, 4.69) is 21.4 Å². The third-order valence-corrected chi connectivity index (χ3v) is 3.96. The summed E-state index contributed by atoms with van der Waals surface area (Å²) in [6.07, 6.45) is -0.0316. The van der Waals surface area contributed by atoms with Crippen LogP contribution in [0.25, 0.3) is 0 Å². The molecule has 0 aliphatic rings. The SMILES string of the molecule is Cc1ccc(C(Cc2c(F)ccc(Br)c2F)NN)cc1F. The minimum Gasteiger partial charge on any atom is -0.271 e. The van der Waals surface area contributed by atoms with E-state index in [1.165, 1.54) is 18.2 Å². The van der Waals surface area contributed by atoms with Crippen LogP contribution < -0.4 is 11.3 Å². The second-order valence-corrected chi connectivity index (χ2v) is 5.61. The van der Waals surface area contributed by atoms with Crippen molar-refractivity contribution in [3.63, 3.8) is 0 Å². The van der Waals surface area contributed by atoms with Gasteiger partial charge in [-0.2, -0.15) is 0 Å². The quantitative estimate of drug-likeness (QED) is 0.493. The van der Waals surface area contributed by atoms with Crippen LogP contribution in [-0.2, 0) is 6.42 Å². The van der Waals surface area contributed by atoms with Crippen molar-refractivity contribution in [2.24, 2.45) is 5.84 Å². The number of benzene rings is 2. The Morgan fingerprint density at radius 1 is 1.14 bits per heavy atom. The Labute approximate surface area is 129 Å². The molecule has 0 saturated heterocycles. The van der Waals surface area contributed by atoms with Gasteiger partial charge in [0.2, 0.25) is 0 Å². The van der Waals surface area contributed by atoms with Crippen LogP contribution in [0.3, 0.4) is 0 Å². The summed E-state index contributed by atoms with van der Waals surface area (Å²) in [5.41, 5.74) is 3.39. The van der Waals surface area contributed by atoms with E-state index in [-0.39, 0.29) is 22.3 Å². The molecule has 2 nitrogen and oxygen atoms in total. The number of nitrogens with two attached hydrogens (primary N) is 1. The Morgan fingerprint density at radius 3 is 2.48 bits per heavy atom. The standard InChI is InChI=1S/C15H14BrF3N2/c1-8-2-3-9(6-13(8)18)14(21-20)7-10-12(17)5-4-11(16)15(10)19/h2-6,14,21H,7,20H2,1H3. The molecule has 0 radical (unpaired) electrons. The highest BCUT2D eigenvalue weighted by Crippen LogP contribution is 2.27. The fraction of sp³-hybridized carbons (Fsp3) is 0.200. The van der Waals surface area contributed by atoms with Crippen molar-refractivity contribution in [1.29, 1.82) is 0 Å². The molecule has 0 heterocycles. The summed E-state index contributed by atoms with van der Waals surface area (Å²) in [7, 11) is 0. The molecular formula is C15H14BrF3N2. The third-order valence-electron chi connectivity index (χ3n) is 3.35. The van der Waals surface area contributed by atoms with Crippen molar-refractivity contribution < 1.29 is 13.2 Å². The first-order valence-electron chi connectivity index (χ1n) is 6.28. The van der Waals surface area contributed by atoms with Crippen molar-refractivity contribution in [1.82, 2.24) is 5.43 Å². The van der Waals surface area contributed by atoms with Gasteiger partial charge >= 0.3 is 0 Å². The molecule has 2 aromatic carbocycles. The van der Waals surface area contributed by atoms with E-state index < -0.39 is 17.7 Å². The van der Waals surface area contributed by atoms with E-state index in [9.17, 15) is 13.2 Å². The van der Waals surface area contributed by atoms with Gasteiger partial charge < -0.3 is 0 Å². The summed E-state index contributed by atoms with van der Waals surface area (Å²) in [6, 6.07) is 6.46. The zero-order chi connectivity index (χ0) is 15.6. The number of hydrazine groups is 1. The van der Waals surface area contributed by atoms with Gasteiger partial charge in [0.05, 0.1) is 10.5 Å². The van der Waals surface area contributed by atoms with E-state index in [0.717, 1.165) is 0 Å². The number of aryl methyl sites for hydroxylation is 1. The zero-order valence-electron chi connectivity index (χ0n) is 11.3. The topological polar surface area (TPSA) is 38.0 Å². The molecule has 0 aliphatic carbocycles. The molecule has 112 valence electrons. The Balaban J connectivity index is 2.35. The normalized spacial score (nSPS) is 12.5. The van der Waals surface area contributed by atoms with Crippen molar-refractivity contribution >= 4 is 15.9 Å². The highest BCUT2D eigenvalue weighted by molar-refractivity contribution is 9.10. The molecule has 0 spiro atoms. The number of rotatable bonds is 4. The molecule has 0 amide bonds. The predicted octanol–water partition coefficient (Wildman–Crippen LogP) is 3.92. The van der Waals surface area contributed by atoms with Gasteiger partial charge in [-0.15, -0.1) is 0 Å². The summed E-state index contributed by atoms with van der Waals surface area (Å²) < 4.78 is 41.6. The maximum Gasteiger partial charge on any atom is 0.143 e. The fourth-order valence-electron chi connectivity index (χ4n) is 2.06. The van der Waals surface area contributed by atoms with Crippen LogP contribution in [0.4, 0.5) is 13.2 Å². The van der Waals surface area contributed by atoms with Crippen LogP contribution in [-0.4, -0.2) is 0 Å². The van der Waals surface area contributed by atoms with Gasteiger partial charge in [0, 0.05) is 5.56 Å². The van der Waals surface area contributed by atoms with Crippen LogP contribution in [0, 0.1) is 24.4 Å². The molecule has 21 heavy (non-hydrogen) atoms. The molecule has 0 bridgehead atoms. The number of nitrogens with one attached hydrogen (secondary N) is 1. The Bertz CT molecular complexity index is 662.